The zero-order chi connectivity index (χ0) is 18.5. The number of hydrogen-bond acceptors (Lipinski definition) is 5. The summed E-state index contributed by atoms with van der Waals surface area (Å²) in [4.78, 5) is 0. The van der Waals surface area contributed by atoms with Crippen LogP contribution in [0.1, 0.15) is 5.56 Å². The number of alkyl halides is 2. The molecule has 0 fully saturated rings. The van der Waals surface area contributed by atoms with Crippen LogP contribution in [0.5, 0.6) is 11.5 Å². The van der Waals surface area contributed by atoms with Crippen LogP contribution < -0.4 is 9.47 Å². The lowest BCUT2D eigenvalue weighted by Crippen LogP contribution is -2.04. The largest absolute Gasteiger partial charge is 0.497 e. The molecule has 0 aliphatic rings. The molecule has 0 spiro atoms. The highest BCUT2D eigenvalue weighted by Crippen LogP contribution is 2.30. The third-order valence-corrected chi connectivity index (χ3v) is 4.80. The zero-order valence-corrected chi connectivity index (χ0v) is 15.0. The summed E-state index contributed by atoms with van der Waals surface area (Å²) in [5, 5.41) is 9.10. The van der Waals surface area contributed by atoms with Crippen molar-refractivity contribution in [2.45, 2.75) is 17.5 Å². The Balaban J connectivity index is 1.75. The maximum Gasteiger partial charge on any atom is 0.387 e. The van der Waals surface area contributed by atoms with E-state index in [0.717, 1.165) is 11.3 Å². The molecular weight excluding hydrogens is 360 g/mol. The second kappa shape index (κ2) is 8.18. The molecule has 1 aromatic heterocycles. The number of halogens is 2. The van der Waals surface area contributed by atoms with Crippen molar-refractivity contribution >= 4 is 11.8 Å². The first-order valence-electron chi connectivity index (χ1n) is 7.78. The van der Waals surface area contributed by atoms with E-state index in [1.807, 2.05) is 35.9 Å². The van der Waals surface area contributed by atoms with Crippen molar-refractivity contribution in [1.82, 2.24) is 14.8 Å². The molecule has 8 heteroatoms. The number of hydrogen-bond donors (Lipinski definition) is 0. The van der Waals surface area contributed by atoms with E-state index in [1.165, 1.54) is 17.8 Å². The molecule has 0 bridgehead atoms. The first-order chi connectivity index (χ1) is 12.6. The fourth-order valence-electron chi connectivity index (χ4n) is 2.41. The number of thioether (sulfide) groups is 1. The number of nitrogens with zero attached hydrogens (tertiary/aromatic N) is 3. The zero-order valence-electron chi connectivity index (χ0n) is 14.2. The van der Waals surface area contributed by atoms with Gasteiger partial charge in [0.1, 0.15) is 11.5 Å². The minimum atomic E-state index is -2.85. The average Bonchev–Trinajstić information content (AvgIpc) is 3.01. The predicted octanol–water partition coefficient (Wildman–Crippen LogP) is 4.38. The fraction of sp³-hybridized carbons (Fsp3) is 0.222. The Morgan fingerprint density at radius 1 is 1.08 bits per heavy atom. The molecule has 5 nitrogen and oxygen atoms in total. The molecule has 1 heterocycles. The molecule has 26 heavy (non-hydrogen) atoms. The van der Waals surface area contributed by atoms with Crippen molar-refractivity contribution in [2.75, 3.05) is 7.11 Å². The molecule has 2 aromatic carbocycles. The Hall–Kier alpha value is -2.61. The second-order valence-electron chi connectivity index (χ2n) is 5.37. The van der Waals surface area contributed by atoms with Crippen LogP contribution >= 0.6 is 11.8 Å². The van der Waals surface area contributed by atoms with Gasteiger partial charge in [0.05, 0.1) is 7.11 Å². The van der Waals surface area contributed by atoms with Gasteiger partial charge in [-0.15, -0.1) is 10.2 Å². The second-order valence-corrected chi connectivity index (χ2v) is 6.31. The van der Waals surface area contributed by atoms with Gasteiger partial charge in [0.15, 0.2) is 11.0 Å². The summed E-state index contributed by atoms with van der Waals surface area (Å²) in [6.07, 6.45) is 0. The Bertz CT molecular complexity index is 869. The van der Waals surface area contributed by atoms with E-state index in [9.17, 15) is 8.78 Å². The van der Waals surface area contributed by atoms with Crippen LogP contribution in [0.3, 0.4) is 0 Å². The first kappa shape index (κ1) is 18.2. The molecule has 136 valence electrons. The number of rotatable bonds is 7. The molecule has 0 N–H and O–H groups in total. The molecule has 0 unspecified atom stereocenters. The smallest absolute Gasteiger partial charge is 0.387 e. The van der Waals surface area contributed by atoms with Crippen molar-refractivity contribution < 1.29 is 18.3 Å². The van der Waals surface area contributed by atoms with E-state index in [0.29, 0.717) is 22.3 Å². The van der Waals surface area contributed by atoms with Crippen LogP contribution in [-0.2, 0) is 12.8 Å². The lowest BCUT2D eigenvalue weighted by molar-refractivity contribution is -0.0503. The quantitative estimate of drug-likeness (QED) is 0.572. The van der Waals surface area contributed by atoms with Crippen molar-refractivity contribution in [2.24, 2.45) is 7.05 Å². The molecule has 0 saturated carbocycles. The highest BCUT2D eigenvalue weighted by atomic mass is 32.2. The van der Waals surface area contributed by atoms with E-state index >= 15 is 0 Å². The lowest BCUT2D eigenvalue weighted by atomic mass is 10.2. The SMILES string of the molecule is COc1ccc(-c2nnc(SCc3ccccc3OC(F)F)n2C)cc1. The summed E-state index contributed by atoms with van der Waals surface area (Å²) in [6.45, 7) is -2.85. The number of aromatic nitrogens is 3. The maximum absolute atomic E-state index is 12.5. The Morgan fingerprint density at radius 2 is 1.81 bits per heavy atom. The van der Waals surface area contributed by atoms with Crippen molar-refractivity contribution in [3.8, 4) is 22.9 Å². The van der Waals surface area contributed by atoms with Gasteiger partial charge in [-0.25, -0.2) is 0 Å². The molecule has 0 amide bonds. The van der Waals surface area contributed by atoms with Gasteiger partial charge in [0.25, 0.3) is 0 Å². The van der Waals surface area contributed by atoms with Crippen LogP contribution in [-0.4, -0.2) is 28.5 Å². The molecule has 3 aromatic rings. The van der Waals surface area contributed by atoms with E-state index in [1.54, 1.807) is 25.3 Å². The third kappa shape index (κ3) is 4.13. The number of benzene rings is 2. The van der Waals surface area contributed by atoms with Crippen LogP contribution in [0, 0.1) is 0 Å². The van der Waals surface area contributed by atoms with Gasteiger partial charge in [0.2, 0.25) is 0 Å². The summed E-state index contributed by atoms with van der Waals surface area (Å²) < 4.78 is 36.6. The van der Waals surface area contributed by atoms with Crippen LogP contribution in [0.15, 0.2) is 53.7 Å². The van der Waals surface area contributed by atoms with Crippen LogP contribution in [0.25, 0.3) is 11.4 Å². The monoisotopic (exact) mass is 377 g/mol. The summed E-state index contributed by atoms with van der Waals surface area (Å²) in [5.74, 6) is 2.10. The van der Waals surface area contributed by atoms with Gasteiger partial charge in [-0.1, -0.05) is 30.0 Å². The average molecular weight is 377 g/mol. The minimum absolute atomic E-state index is 0.174. The number of para-hydroxylation sites is 1. The van der Waals surface area contributed by atoms with Gasteiger partial charge >= 0.3 is 6.61 Å². The summed E-state index contributed by atoms with van der Waals surface area (Å²) >= 11 is 1.40. The lowest BCUT2D eigenvalue weighted by Gasteiger charge is -2.10. The van der Waals surface area contributed by atoms with Crippen molar-refractivity contribution in [3.63, 3.8) is 0 Å². The van der Waals surface area contributed by atoms with Crippen LogP contribution in [0.4, 0.5) is 8.78 Å². The summed E-state index contributed by atoms with van der Waals surface area (Å²) in [5.41, 5.74) is 1.58. The fourth-order valence-corrected chi connectivity index (χ4v) is 3.31. The first-order valence-corrected chi connectivity index (χ1v) is 8.76. The highest BCUT2D eigenvalue weighted by molar-refractivity contribution is 7.98. The molecule has 0 atom stereocenters. The Kier molecular flexibility index (Phi) is 5.72. The third-order valence-electron chi connectivity index (χ3n) is 3.73. The van der Waals surface area contributed by atoms with E-state index in [2.05, 4.69) is 14.9 Å². The topological polar surface area (TPSA) is 49.2 Å². The van der Waals surface area contributed by atoms with Gasteiger partial charge in [-0.2, -0.15) is 8.78 Å². The standard InChI is InChI=1S/C18H17F2N3O2S/c1-23-16(12-7-9-14(24-2)10-8-12)21-22-18(23)26-11-13-5-3-4-6-15(13)25-17(19)20/h3-10,17H,11H2,1-2H3. The van der Waals surface area contributed by atoms with Gasteiger partial charge in [0, 0.05) is 23.9 Å². The van der Waals surface area contributed by atoms with Crippen molar-refractivity contribution in [1.29, 1.82) is 0 Å². The number of methoxy groups -OCH3 is 1. The number of ether oxygens (including phenoxy) is 2. The van der Waals surface area contributed by atoms with Gasteiger partial charge in [-0.05, 0) is 30.3 Å². The summed E-state index contributed by atoms with van der Waals surface area (Å²) in [6, 6.07) is 14.3. The molecule has 0 aliphatic heterocycles. The normalized spacial score (nSPS) is 11.0. The molecular formula is C18H17F2N3O2S. The molecule has 0 saturated heterocycles. The minimum Gasteiger partial charge on any atom is -0.497 e. The molecule has 0 radical (unpaired) electrons. The van der Waals surface area contributed by atoms with E-state index in [4.69, 9.17) is 4.74 Å². The Labute approximate surface area is 154 Å². The highest BCUT2D eigenvalue weighted by Gasteiger charge is 2.14. The molecule has 3 rings (SSSR count). The Morgan fingerprint density at radius 3 is 2.50 bits per heavy atom. The van der Waals surface area contributed by atoms with E-state index in [-0.39, 0.29) is 5.75 Å². The predicted molar refractivity (Wildman–Crippen MR) is 95.6 cm³/mol. The van der Waals surface area contributed by atoms with Crippen LogP contribution in [0.2, 0.25) is 0 Å². The van der Waals surface area contributed by atoms with E-state index < -0.39 is 6.61 Å². The molecule has 0 aliphatic carbocycles. The summed E-state index contributed by atoms with van der Waals surface area (Å²) in [7, 11) is 3.48. The van der Waals surface area contributed by atoms with Gasteiger partial charge < -0.3 is 14.0 Å². The van der Waals surface area contributed by atoms with Crippen molar-refractivity contribution in [3.05, 3.63) is 54.1 Å². The maximum atomic E-state index is 12.5. The van der Waals surface area contributed by atoms with Gasteiger partial charge in [-0.3, -0.25) is 0 Å².